The molecule has 34 heavy (non-hydrogen) atoms. The number of amides is 1. The summed E-state index contributed by atoms with van der Waals surface area (Å²) in [7, 11) is 1.80. The minimum Gasteiger partial charge on any atom is -0.348 e. The summed E-state index contributed by atoms with van der Waals surface area (Å²) >= 11 is 6.11. The smallest absolute Gasteiger partial charge is 0.348 e. The van der Waals surface area contributed by atoms with Crippen LogP contribution in [0.3, 0.4) is 0 Å². The number of nitrogens with zero attached hydrogens (tertiary/aromatic N) is 5. The predicted molar refractivity (Wildman–Crippen MR) is 122 cm³/mol. The fourth-order valence-corrected chi connectivity index (χ4v) is 4.60. The molecular weight excluding hydrogens is 471 g/mol. The molecule has 1 fully saturated rings. The van der Waals surface area contributed by atoms with E-state index in [2.05, 4.69) is 25.4 Å². The Morgan fingerprint density at radius 1 is 1.35 bits per heavy atom. The van der Waals surface area contributed by atoms with Gasteiger partial charge in [-0.15, -0.1) is 0 Å². The summed E-state index contributed by atoms with van der Waals surface area (Å²) < 4.78 is 40.0. The standard InChI is InChI=1S/C22H21ClF3N7O/c1-32-17-7-12(23)4-5-14(17)18(31-32)16-9-28-20-19(30-16)15(8-27-20)21(34)29-13-3-2-6-33(10-13)11-22(24,25)26/h4-5,7-9,13H,2-3,6,10-11H2,1H3,(H,27,28)(H,29,34). The van der Waals surface area contributed by atoms with Crippen LogP contribution in [0, 0.1) is 0 Å². The van der Waals surface area contributed by atoms with Crippen LogP contribution in [0.2, 0.25) is 5.02 Å². The second-order valence-electron chi connectivity index (χ2n) is 8.45. The van der Waals surface area contributed by atoms with Crippen LogP contribution in [0.5, 0.6) is 0 Å². The fraction of sp³-hybridized carbons (Fsp3) is 0.364. The third-order valence-electron chi connectivity index (χ3n) is 5.93. The first-order valence-electron chi connectivity index (χ1n) is 10.7. The van der Waals surface area contributed by atoms with Crippen molar-refractivity contribution in [2.45, 2.75) is 25.1 Å². The molecule has 1 unspecified atom stereocenters. The Morgan fingerprint density at radius 2 is 2.18 bits per heavy atom. The number of halogens is 4. The Morgan fingerprint density at radius 3 is 2.97 bits per heavy atom. The molecule has 1 saturated heterocycles. The minimum atomic E-state index is -4.27. The highest BCUT2D eigenvalue weighted by Gasteiger charge is 2.33. The SMILES string of the molecule is Cn1nc(-c2cnc3[nH]cc(C(=O)NC4CCCN(CC(F)(F)F)C4)c3n2)c2ccc(Cl)cc21. The van der Waals surface area contributed by atoms with Crippen molar-refractivity contribution in [3.8, 4) is 11.4 Å². The maximum absolute atomic E-state index is 13.0. The molecule has 12 heteroatoms. The van der Waals surface area contributed by atoms with Gasteiger partial charge in [-0.05, 0) is 37.6 Å². The first-order chi connectivity index (χ1) is 16.2. The summed E-state index contributed by atoms with van der Waals surface area (Å²) in [5.41, 5.74) is 3.00. The Balaban J connectivity index is 1.41. The number of likely N-dealkylation sites (tertiary alicyclic amines) is 1. The molecule has 0 radical (unpaired) electrons. The van der Waals surface area contributed by atoms with E-state index in [0.29, 0.717) is 47.0 Å². The molecule has 0 bridgehead atoms. The molecule has 1 aromatic carbocycles. The molecule has 4 heterocycles. The zero-order valence-corrected chi connectivity index (χ0v) is 18.9. The van der Waals surface area contributed by atoms with Crippen molar-refractivity contribution in [3.63, 3.8) is 0 Å². The van der Waals surface area contributed by atoms with Gasteiger partial charge in [0, 0.05) is 36.2 Å². The van der Waals surface area contributed by atoms with Crippen molar-refractivity contribution < 1.29 is 18.0 Å². The first-order valence-corrected chi connectivity index (χ1v) is 11.1. The van der Waals surface area contributed by atoms with E-state index in [9.17, 15) is 18.0 Å². The van der Waals surface area contributed by atoms with Crippen LogP contribution in [0.1, 0.15) is 23.2 Å². The predicted octanol–water partition coefficient (Wildman–Crippen LogP) is 3.92. The number of nitrogens with one attached hydrogen (secondary N) is 2. The molecule has 1 amide bonds. The molecule has 0 spiro atoms. The van der Waals surface area contributed by atoms with E-state index < -0.39 is 18.6 Å². The van der Waals surface area contributed by atoms with E-state index >= 15 is 0 Å². The van der Waals surface area contributed by atoms with Gasteiger partial charge in [-0.1, -0.05) is 11.6 Å². The second kappa shape index (κ2) is 8.55. The van der Waals surface area contributed by atoms with Crippen molar-refractivity contribution in [3.05, 3.63) is 41.2 Å². The Bertz CT molecular complexity index is 1380. The normalized spacial score (nSPS) is 17.5. The van der Waals surface area contributed by atoms with Gasteiger partial charge in [-0.2, -0.15) is 18.3 Å². The number of hydrogen-bond donors (Lipinski definition) is 2. The first kappa shape index (κ1) is 22.6. The number of hydrogen-bond acceptors (Lipinski definition) is 5. The lowest BCUT2D eigenvalue weighted by Crippen LogP contribution is -2.49. The van der Waals surface area contributed by atoms with E-state index in [1.54, 1.807) is 30.1 Å². The number of aryl methyl sites for hydroxylation is 1. The number of piperidine rings is 1. The fourth-order valence-electron chi connectivity index (χ4n) is 4.43. The Kier molecular flexibility index (Phi) is 5.68. The second-order valence-corrected chi connectivity index (χ2v) is 8.89. The number of fused-ring (bicyclic) bond motifs is 2. The summed E-state index contributed by atoms with van der Waals surface area (Å²) in [5.74, 6) is -0.408. The molecular formula is C22H21ClF3N7O. The highest BCUT2D eigenvalue weighted by Crippen LogP contribution is 2.29. The highest BCUT2D eigenvalue weighted by atomic mass is 35.5. The third kappa shape index (κ3) is 4.45. The number of carbonyl (C=O) groups excluding carboxylic acids is 1. The van der Waals surface area contributed by atoms with E-state index in [1.165, 1.54) is 11.1 Å². The van der Waals surface area contributed by atoms with Crippen molar-refractivity contribution in [2.75, 3.05) is 19.6 Å². The minimum absolute atomic E-state index is 0.146. The summed E-state index contributed by atoms with van der Waals surface area (Å²) in [6, 6.07) is 5.05. The topological polar surface area (TPSA) is 91.7 Å². The molecule has 1 aliphatic rings. The van der Waals surface area contributed by atoms with Gasteiger partial charge < -0.3 is 10.3 Å². The van der Waals surface area contributed by atoms with Crippen molar-refractivity contribution in [2.24, 2.45) is 7.05 Å². The van der Waals surface area contributed by atoms with E-state index in [0.717, 1.165) is 10.9 Å². The average Bonchev–Trinajstić information content (AvgIpc) is 3.33. The molecule has 0 aliphatic carbocycles. The average molecular weight is 492 g/mol. The lowest BCUT2D eigenvalue weighted by atomic mass is 10.1. The molecule has 4 aromatic rings. The van der Waals surface area contributed by atoms with Gasteiger partial charge in [0.25, 0.3) is 5.91 Å². The summed E-state index contributed by atoms with van der Waals surface area (Å²) in [6.45, 7) is -0.478. The van der Waals surface area contributed by atoms with Crippen LogP contribution < -0.4 is 5.32 Å². The number of aromatic nitrogens is 5. The molecule has 3 aromatic heterocycles. The lowest BCUT2D eigenvalue weighted by Gasteiger charge is -2.33. The van der Waals surface area contributed by atoms with Gasteiger partial charge in [0.05, 0.1) is 23.8 Å². The van der Waals surface area contributed by atoms with E-state index in [1.807, 2.05) is 6.07 Å². The maximum Gasteiger partial charge on any atom is 0.401 e. The van der Waals surface area contributed by atoms with Crippen molar-refractivity contribution >= 4 is 39.6 Å². The van der Waals surface area contributed by atoms with Crippen LogP contribution in [-0.4, -0.2) is 67.4 Å². The number of carbonyl (C=O) groups is 1. The van der Waals surface area contributed by atoms with Gasteiger partial charge in [0.15, 0.2) is 5.65 Å². The maximum atomic E-state index is 13.0. The largest absolute Gasteiger partial charge is 0.401 e. The molecule has 8 nitrogen and oxygen atoms in total. The molecule has 2 N–H and O–H groups in total. The number of alkyl halides is 3. The highest BCUT2D eigenvalue weighted by molar-refractivity contribution is 6.31. The summed E-state index contributed by atoms with van der Waals surface area (Å²) in [5, 5.41) is 8.83. The molecule has 178 valence electrons. The monoisotopic (exact) mass is 491 g/mol. The number of benzene rings is 1. The lowest BCUT2D eigenvalue weighted by molar-refractivity contribution is -0.148. The number of H-pyrrole nitrogens is 1. The van der Waals surface area contributed by atoms with Gasteiger partial charge in [0.1, 0.15) is 16.9 Å². The van der Waals surface area contributed by atoms with Crippen LogP contribution in [0.25, 0.3) is 33.5 Å². The van der Waals surface area contributed by atoms with Crippen LogP contribution in [0.4, 0.5) is 13.2 Å². The molecule has 0 saturated carbocycles. The van der Waals surface area contributed by atoms with Crippen LogP contribution in [0.15, 0.2) is 30.6 Å². The third-order valence-corrected chi connectivity index (χ3v) is 6.16. The van der Waals surface area contributed by atoms with Crippen molar-refractivity contribution in [1.29, 1.82) is 0 Å². The van der Waals surface area contributed by atoms with Gasteiger partial charge in [-0.25, -0.2) is 9.97 Å². The van der Waals surface area contributed by atoms with Crippen LogP contribution in [-0.2, 0) is 7.05 Å². The Hall–Kier alpha value is -3.18. The van der Waals surface area contributed by atoms with Crippen molar-refractivity contribution in [1.82, 2.24) is 34.9 Å². The summed E-state index contributed by atoms with van der Waals surface area (Å²) in [6.07, 6.45) is 0.0106. The number of rotatable bonds is 4. The zero-order chi connectivity index (χ0) is 24.0. The zero-order valence-electron chi connectivity index (χ0n) is 18.2. The van der Waals surface area contributed by atoms with E-state index in [4.69, 9.17) is 11.6 Å². The van der Waals surface area contributed by atoms with E-state index in [-0.39, 0.29) is 18.2 Å². The van der Waals surface area contributed by atoms with Gasteiger partial charge >= 0.3 is 6.18 Å². The molecule has 1 aliphatic heterocycles. The van der Waals surface area contributed by atoms with Gasteiger partial charge in [-0.3, -0.25) is 14.4 Å². The molecule has 5 rings (SSSR count). The Labute approximate surface area is 197 Å². The number of aromatic amines is 1. The van der Waals surface area contributed by atoms with Gasteiger partial charge in [0.2, 0.25) is 0 Å². The molecule has 1 atom stereocenters. The summed E-state index contributed by atoms with van der Waals surface area (Å²) in [4.78, 5) is 26.3. The quantitative estimate of drug-likeness (QED) is 0.451. The van der Waals surface area contributed by atoms with Crippen LogP contribution >= 0.6 is 11.6 Å².